The Morgan fingerprint density at radius 3 is 2.39 bits per heavy atom. The minimum absolute atomic E-state index is 0.0798. The van der Waals surface area contributed by atoms with E-state index in [-0.39, 0.29) is 6.04 Å². The van der Waals surface area contributed by atoms with Gasteiger partial charge in [-0.3, -0.25) is 10.4 Å². The summed E-state index contributed by atoms with van der Waals surface area (Å²) in [6, 6.07) is 8.19. The van der Waals surface area contributed by atoms with Gasteiger partial charge in [0.25, 0.3) is 0 Å². The van der Waals surface area contributed by atoms with Crippen molar-refractivity contribution < 1.29 is 0 Å². The fraction of sp³-hybridized carbons (Fsp3) is 0.429. The van der Waals surface area contributed by atoms with Gasteiger partial charge in [-0.25, -0.2) is 0 Å². The monoisotopic (exact) mass is 246 g/mol. The largest absolute Gasteiger partial charge is 0.366 e. The van der Waals surface area contributed by atoms with E-state index in [2.05, 4.69) is 17.2 Å². The van der Waals surface area contributed by atoms with Crippen molar-refractivity contribution in [2.75, 3.05) is 7.05 Å². The number of benzene rings is 1. The number of hydrogen-bond acceptors (Lipinski definition) is 3. The van der Waals surface area contributed by atoms with Crippen molar-refractivity contribution in [3.63, 3.8) is 0 Å². The van der Waals surface area contributed by atoms with Gasteiger partial charge in [0.05, 0.1) is 17.6 Å². The minimum Gasteiger partial charge on any atom is -0.366 e. The Morgan fingerprint density at radius 2 is 2.00 bits per heavy atom. The molecule has 0 aliphatic carbocycles. The molecule has 0 radical (unpaired) electrons. The first-order valence-electron chi connectivity index (χ1n) is 6.20. The standard InChI is InChI=1S/C14H22N4/c1-4-13(18-10(2)16)14(17-3)12-7-5-11(9-15)6-8-12/h5-8,13H,4,9,15H2,1-3H3,(H2,16,18)/b17-14-. The van der Waals surface area contributed by atoms with Gasteiger partial charge in [-0.05, 0) is 24.5 Å². The average molecular weight is 246 g/mol. The van der Waals surface area contributed by atoms with Gasteiger partial charge in [-0.1, -0.05) is 31.2 Å². The van der Waals surface area contributed by atoms with Gasteiger partial charge in [0.15, 0.2) is 0 Å². The molecular formula is C14H22N4. The van der Waals surface area contributed by atoms with E-state index < -0.39 is 0 Å². The van der Waals surface area contributed by atoms with Crippen molar-refractivity contribution >= 4 is 11.5 Å². The van der Waals surface area contributed by atoms with Crippen LogP contribution in [0.4, 0.5) is 0 Å². The highest BCUT2D eigenvalue weighted by Crippen LogP contribution is 2.10. The molecule has 0 fully saturated rings. The third kappa shape index (κ3) is 3.67. The summed E-state index contributed by atoms with van der Waals surface area (Å²) in [6.45, 7) is 4.38. The van der Waals surface area contributed by atoms with Crippen LogP contribution >= 0.6 is 0 Å². The fourth-order valence-electron chi connectivity index (χ4n) is 1.92. The lowest BCUT2D eigenvalue weighted by Gasteiger charge is -2.20. The van der Waals surface area contributed by atoms with E-state index in [1.807, 2.05) is 24.3 Å². The van der Waals surface area contributed by atoms with Crippen LogP contribution in [-0.2, 0) is 6.54 Å². The van der Waals surface area contributed by atoms with Crippen molar-refractivity contribution in [1.29, 1.82) is 5.41 Å². The van der Waals surface area contributed by atoms with E-state index in [0.717, 1.165) is 23.3 Å². The summed E-state index contributed by atoms with van der Waals surface area (Å²) in [5, 5.41) is 10.7. The lowest BCUT2D eigenvalue weighted by Crippen LogP contribution is -2.39. The molecule has 0 saturated carbocycles. The number of nitrogens with one attached hydrogen (secondary N) is 2. The van der Waals surface area contributed by atoms with Gasteiger partial charge in [0.2, 0.25) is 0 Å². The van der Waals surface area contributed by atoms with Crippen LogP contribution in [0.1, 0.15) is 31.4 Å². The van der Waals surface area contributed by atoms with Crippen LogP contribution in [0.2, 0.25) is 0 Å². The molecular weight excluding hydrogens is 224 g/mol. The molecule has 0 spiro atoms. The second kappa shape index (κ2) is 6.91. The Kier molecular flexibility index (Phi) is 5.52. The third-order valence-electron chi connectivity index (χ3n) is 2.86. The van der Waals surface area contributed by atoms with Crippen LogP contribution in [0.25, 0.3) is 0 Å². The van der Waals surface area contributed by atoms with Crippen LogP contribution in [0.15, 0.2) is 29.3 Å². The van der Waals surface area contributed by atoms with Gasteiger partial charge in [0, 0.05) is 13.6 Å². The Hall–Kier alpha value is -1.68. The smallest absolute Gasteiger partial charge is 0.0905 e. The van der Waals surface area contributed by atoms with E-state index in [4.69, 9.17) is 11.1 Å². The lowest BCUT2D eigenvalue weighted by molar-refractivity contribution is 0.730. The number of amidine groups is 1. The molecule has 4 nitrogen and oxygen atoms in total. The molecule has 0 amide bonds. The molecule has 0 aliphatic rings. The molecule has 0 bridgehead atoms. The molecule has 1 atom stereocenters. The first-order valence-corrected chi connectivity index (χ1v) is 6.20. The topological polar surface area (TPSA) is 74.3 Å². The number of nitrogens with zero attached hydrogens (tertiary/aromatic N) is 1. The Balaban J connectivity index is 2.96. The number of rotatable bonds is 5. The van der Waals surface area contributed by atoms with Crippen LogP contribution < -0.4 is 11.1 Å². The van der Waals surface area contributed by atoms with E-state index in [0.29, 0.717) is 12.4 Å². The number of aliphatic imine (C=N–C) groups is 1. The van der Waals surface area contributed by atoms with E-state index in [1.165, 1.54) is 0 Å². The highest BCUT2D eigenvalue weighted by molar-refractivity contribution is 6.05. The summed E-state index contributed by atoms with van der Waals surface area (Å²) in [4.78, 5) is 4.36. The molecule has 1 rings (SSSR count). The molecule has 1 aromatic carbocycles. The van der Waals surface area contributed by atoms with Crippen molar-refractivity contribution in [3.05, 3.63) is 35.4 Å². The average Bonchev–Trinajstić information content (AvgIpc) is 2.38. The van der Waals surface area contributed by atoms with Crippen LogP contribution in [0.5, 0.6) is 0 Å². The Bertz CT molecular complexity index is 420. The zero-order valence-corrected chi connectivity index (χ0v) is 11.3. The molecule has 4 N–H and O–H groups in total. The van der Waals surface area contributed by atoms with Gasteiger partial charge in [-0.2, -0.15) is 0 Å². The normalized spacial score (nSPS) is 13.2. The maximum atomic E-state index is 7.54. The predicted octanol–water partition coefficient (Wildman–Crippen LogP) is 1.93. The summed E-state index contributed by atoms with van der Waals surface area (Å²) in [5.41, 5.74) is 8.76. The zero-order chi connectivity index (χ0) is 13.5. The molecule has 18 heavy (non-hydrogen) atoms. The molecule has 0 aliphatic heterocycles. The second-order valence-electron chi connectivity index (χ2n) is 4.24. The Morgan fingerprint density at radius 1 is 1.39 bits per heavy atom. The maximum absolute atomic E-state index is 7.54. The van der Waals surface area contributed by atoms with Gasteiger partial charge >= 0.3 is 0 Å². The van der Waals surface area contributed by atoms with Crippen molar-refractivity contribution in [2.24, 2.45) is 10.7 Å². The van der Waals surface area contributed by atoms with Crippen LogP contribution in [-0.4, -0.2) is 24.6 Å². The van der Waals surface area contributed by atoms with Gasteiger partial charge in [-0.15, -0.1) is 0 Å². The van der Waals surface area contributed by atoms with E-state index in [9.17, 15) is 0 Å². The van der Waals surface area contributed by atoms with Gasteiger partial charge < -0.3 is 11.1 Å². The number of hydrogen-bond donors (Lipinski definition) is 3. The molecule has 0 aromatic heterocycles. The highest BCUT2D eigenvalue weighted by Gasteiger charge is 2.15. The summed E-state index contributed by atoms with van der Waals surface area (Å²) in [6.07, 6.45) is 0.890. The summed E-state index contributed by atoms with van der Waals surface area (Å²) < 4.78 is 0. The first-order chi connectivity index (χ1) is 8.62. The zero-order valence-electron chi connectivity index (χ0n) is 11.3. The Labute approximate surface area is 109 Å². The lowest BCUT2D eigenvalue weighted by atomic mass is 9.99. The predicted molar refractivity (Wildman–Crippen MR) is 77.4 cm³/mol. The highest BCUT2D eigenvalue weighted by atomic mass is 15.0. The molecule has 0 heterocycles. The number of nitrogens with two attached hydrogens (primary N) is 1. The quantitative estimate of drug-likeness (QED) is 0.548. The minimum atomic E-state index is 0.0798. The molecule has 1 unspecified atom stereocenters. The van der Waals surface area contributed by atoms with Crippen LogP contribution in [0.3, 0.4) is 0 Å². The molecule has 98 valence electrons. The molecule has 4 heteroatoms. The van der Waals surface area contributed by atoms with E-state index >= 15 is 0 Å². The second-order valence-corrected chi connectivity index (χ2v) is 4.24. The summed E-state index contributed by atoms with van der Waals surface area (Å²) in [5.74, 6) is 0.460. The SMILES string of the molecule is CCC(NC(C)=N)/C(=N\C)c1ccc(CN)cc1. The summed E-state index contributed by atoms with van der Waals surface area (Å²) in [7, 11) is 1.79. The fourth-order valence-corrected chi connectivity index (χ4v) is 1.92. The first kappa shape index (κ1) is 14.4. The van der Waals surface area contributed by atoms with Crippen LogP contribution in [0, 0.1) is 5.41 Å². The van der Waals surface area contributed by atoms with E-state index in [1.54, 1.807) is 14.0 Å². The van der Waals surface area contributed by atoms with Crippen molar-refractivity contribution in [2.45, 2.75) is 32.9 Å². The summed E-state index contributed by atoms with van der Waals surface area (Å²) >= 11 is 0. The molecule has 0 saturated heterocycles. The third-order valence-corrected chi connectivity index (χ3v) is 2.86. The van der Waals surface area contributed by atoms with Crippen molar-refractivity contribution in [3.8, 4) is 0 Å². The van der Waals surface area contributed by atoms with Crippen molar-refractivity contribution in [1.82, 2.24) is 5.32 Å². The van der Waals surface area contributed by atoms with Gasteiger partial charge in [0.1, 0.15) is 0 Å². The maximum Gasteiger partial charge on any atom is 0.0905 e. The molecule has 1 aromatic rings.